The van der Waals surface area contributed by atoms with E-state index in [1.165, 1.54) is 0 Å². The second-order valence-corrected chi connectivity index (χ2v) is 5.23. The standard InChI is InChI=1S/C11H21N3O5S/c12-4-2-1-3-8(11(18)19)14-10(17)7(13)5-20-6-9(15)16/h7-8H,1-6,12-13H2,(H,14,17)(H,15,16)(H,18,19)/t7-,8-/m0/s1. The maximum absolute atomic E-state index is 11.7. The first-order valence-electron chi connectivity index (χ1n) is 6.16. The molecule has 7 N–H and O–H groups in total. The van der Waals surface area contributed by atoms with E-state index in [9.17, 15) is 14.4 Å². The number of hydrogen-bond donors (Lipinski definition) is 5. The van der Waals surface area contributed by atoms with Crippen molar-refractivity contribution < 1.29 is 24.6 Å². The highest BCUT2D eigenvalue weighted by Gasteiger charge is 2.22. The lowest BCUT2D eigenvalue weighted by Crippen LogP contribution is -2.49. The summed E-state index contributed by atoms with van der Waals surface area (Å²) in [5, 5.41) is 19.8. The molecule has 0 rings (SSSR count). The van der Waals surface area contributed by atoms with Gasteiger partial charge in [-0.05, 0) is 25.8 Å². The quantitative estimate of drug-likeness (QED) is 0.299. The van der Waals surface area contributed by atoms with Crippen LogP contribution in [0.15, 0.2) is 0 Å². The highest BCUT2D eigenvalue weighted by Crippen LogP contribution is 2.04. The summed E-state index contributed by atoms with van der Waals surface area (Å²) in [6, 6.07) is -1.93. The number of aliphatic carboxylic acids is 2. The van der Waals surface area contributed by atoms with E-state index in [-0.39, 0.29) is 17.9 Å². The van der Waals surface area contributed by atoms with Crippen LogP contribution in [0.5, 0.6) is 0 Å². The summed E-state index contributed by atoms with van der Waals surface area (Å²) in [5.74, 6) is -2.75. The molecular formula is C11H21N3O5S. The Kier molecular flexibility index (Phi) is 9.77. The number of nitrogens with one attached hydrogen (secondary N) is 1. The van der Waals surface area contributed by atoms with Gasteiger partial charge in [0, 0.05) is 5.75 Å². The Hall–Kier alpha value is -1.32. The van der Waals surface area contributed by atoms with Crippen LogP contribution in [0.2, 0.25) is 0 Å². The van der Waals surface area contributed by atoms with Crippen LogP contribution in [-0.4, -0.2) is 58.2 Å². The van der Waals surface area contributed by atoms with Crippen molar-refractivity contribution >= 4 is 29.6 Å². The number of hydrogen-bond acceptors (Lipinski definition) is 6. The van der Waals surface area contributed by atoms with Gasteiger partial charge < -0.3 is 27.0 Å². The van der Waals surface area contributed by atoms with E-state index in [1.54, 1.807) is 0 Å². The van der Waals surface area contributed by atoms with Crippen molar-refractivity contribution in [2.24, 2.45) is 11.5 Å². The number of carboxylic acid groups (broad SMARTS) is 2. The SMILES string of the molecule is NCCCC[C@H](NC(=O)[C@@H](N)CSCC(=O)O)C(=O)O. The summed E-state index contributed by atoms with van der Waals surface area (Å²) in [4.78, 5) is 33.0. The average Bonchev–Trinajstić information content (AvgIpc) is 2.36. The predicted molar refractivity (Wildman–Crippen MR) is 75.4 cm³/mol. The molecule has 0 bridgehead atoms. The molecule has 8 nitrogen and oxygen atoms in total. The number of amides is 1. The van der Waals surface area contributed by atoms with Gasteiger partial charge >= 0.3 is 11.9 Å². The molecular weight excluding hydrogens is 286 g/mol. The minimum atomic E-state index is -1.12. The molecule has 20 heavy (non-hydrogen) atoms. The van der Waals surface area contributed by atoms with Crippen LogP contribution in [-0.2, 0) is 14.4 Å². The molecule has 0 spiro atoms. The third kappa shape index (κ3) is 8.73. The number of carbonyl (C=O) groups is 3. The first kappa shape index (κ1) is 18.7. The van der Waals surface area contributed by atoms with Crippen LogP contribution in [0.3, 0.4) is 0 Å². The number of carbonyl (C=O) groups excluding carboxylic acids is 1. The van der Waals surface area contributed by atoms with Crippen LogP contribution in [0.1, 0.15) is 19.3 Å². The molecule has 9 heteroatoms. The monoisotopic (exact) mass is 307 g/mol. The van der Waals surface area contributed by atoms with E-state index < -0.39 is 29.9 Å². The molecule has 0 aliphatic rings. The lowest BCUT2D eigenvalue weighted by Gasteiger charge is -2.17. The van der Waals surface area contributed by atoms with Crippen molar-refractivity contribution in [2.45, 2.75) is 31.3 Å². The smallest absolute Gasteiger partial charge is 0.326 e. The fourth-order valence-electron chi connectivity index (χ4n) is 1.38. The first-order chi connectivity index (χ1) is 9.38. The van der Waals surface area contributed by atoms with E-state index in [0.717, 1.165) is 11.8 Å². The zero-order chi connectivity index (χ0) is 15.5. The van der Waals surface area contributed by atoms with Crippen molar-refractivity contribution in [3.63, 3.8) is 0 Å². The van der Waals surface area contributed by atoms with E-state index in [4.69, 9.17) is 21.7 Å². The van der Waals surface area contributed by atoms with Gasteiger partial charge in [-0.1, -0.05) is 0 Å². The Morgan fingerprint density at radius 1 is 1.20 bits per heavy atom. The molecule has 0 aromatic carbocycles. The topological polar surface area (TPSA) is 156 Å². The molecule has 0 unspecified atom stereocenters. The first-order valence-corrected chi connectivity index (χ1v) is 7.32. The van der Waals surface area contributed by atoms with Crippen molar-refractivity contribution in [1.82, 2.24) is 5.32 Å². The maximum Gasteiger partial charge on any atom is 0.326 e. The zero-order valence-corrected chi connectivity index (χ0v) is 11.9. The van der Waals surface area contributed by atoms with E-state index in [0.29, 0.717) is 19.4 Å². The van der Waals surface area contributed by atoms with Gasteiger partial charge in [-0.15, -0.1) is 11.8 Å². The highest BCUT2D eigenvalue weighted by molar-refractivity contribution is 8.00. The van der Waals surface area contributed by atoms with Crippen LogP contribution in [0.25, 0.3) is 0 Å². The summed E-state index contributed by atoms with van der Waals surface area (Å²) >= 11 is 1.01. The van der Waals surface area contributed by atoms with Crippen LogP contribution in [0, 0.1) is 0 Å². The molecule has 0 heterocycles. The number of rotatable bonds is 11. The summed E-state index contributed by atoms with van der Waals surface area (Å²) in [5.41, 5.74) is 10.9. The van der Waals surface area contributed by atoms with Gasteiger partial charge in [-0.2, -0.15) is 0 Å². The molecule has 2 atom stereocenters. The average molecular weight is 307 g/mol. The number of nitrogens with two attached hydrogens (primary N) is 2. The summed E-state index contributed by atoms with van der Waals surface area (Å²) in [6.07, 6.45) is 1.56. The fourth-order valence-corrected chi connectivity index (χ4v) is 2.08. The van der Waals surface area contributed by atoms with Crippen molar-refractivity contribution in [2.75, 3.05) is 18.1 Å². The number of carboxylic acids is 2. The molecule has 0 saturated carbocycles. The summed E-state index contributed by atoms with van der Waals surface area (Å²) in [7, 11) is 0. The van der Waals surface area contributed by atoms with Crippen molar-refractivity contribution in [3.05, 3.63) is 0 Å². The molecule has 116 valence electrons. The van der Waals surface area contributed by atoms with Gasteiger partial charge in [0.15, 0.2) is 0 Å². The fraction of sp³-hybridized carbons (Fsp3) is 0.727. The van der Waals surface area contributed by atoms with E-state index >= 15 is 0 Å². The third-order valence-corrected chi connectivity index (χ3v) is 3.47. The molecule has 0 aromatic heterocycles. The number of thioether (sulfide) groups is 1. The molecule has 0 radical (unpaired) electrons. The number of unbranched alkanes of at least 4 members (excludes halogenated alkanes) is 1. The van der Waals surface area contributed by atoms with Gasteiger partial charge in [0.2, 0.25) is 5.91 Å². The largest absolute Gasteiger partial charge is 0.481 e. The predicted octanol–water partition coefficient (Wildman–Crippen LogP) is -1.17. The van der Waals surface area contributed by atoms with Crippen molar-refractivity contribution in [1.29, 1.82) is 0 Å². The lowest BCUT2D eigenvalue weighted by molar-refractivity contribution is -0.142. The highest BCUT2D eigenvalue weighted by atomic mass is 32.2. The lowest BCUT2D eigenvalue weighted by atomic mass is 10.1. The van der Waals surface area contributed by atoms with E-state index in [1.807, 2.05) is 0 Å². The molecule has 1 amide bonds. The van der Waals surface area contributed by atoms with Gasteiger partial charge in [0.25, 0.3) is 0 Å². The zero-order valence-electron chi connectivity index (χ0n) is 11.1. The maximum atomic E-state index is 11.7. The van der Waals surface area contributed by atoms with E-state index in [2.05, 4.69) is 5.32 Å². The Morgan fingerprint density at radius 2 is 1.85 bits per heavy atom. The molecule has 0 saturated heterocycles. The molecule has 0 fully saturated rings. The molecule has 0 aliphatic heterocycles. The van der Waals surface area contributed by atoms with Crippen LogP contribution in [0.4, 0.5) is 0 Å². The summed E-state index contributed by atoms with van der Waals surface area (Å²) in [6.45, 7) is 0.464. The van der Waals surface area contributed by atoms with Crippen LogP contribution >= 0.6 is 11.8 Å². The minimum Gasteiger partial charge on any atom is -0.481 e. The Balaban J connectivity index is 4.16. The van der Waals surface area contributed by atoms with Gasteiger partial charge in [-0.3, -0.25) is 9.59 Å². The van der Waals surface area contributed by atoms with Gasteiger partial charge in [-0.25, -0.2) is 4.79 Å². The summed E-state index contributed by atoms with van der Waals surface area (Å²) < 4.78 is 0. The molecule has 0 aromatic rings. The minimum absolute atomic E-state index is 0.118. The van der Waals surface area contributed by atoms with Gasteiger partial charge in [0.1, 0.15) is 6.04 Å². The Morgan fingerprint density at radius 3 is 2.35 bits per heavy atom. The third-order valence-electron chi connectivity index (χ3n) is 2.42. The Labute approximate surface area is 121 Å². The normalized spacial score (nSPS) is 13.5. The second kappa shape index (κ2) is 10.5. The van der Waals surface area contributed by atoms with Crippen molar-refractivity contribution in [3.8, 4) is 0 Å². The van der Waals surface area contributed by atoms with Gasteiger partial charge in [0.05, 0.1) is 11.8 Å². The second-order valence-electron chi connectivity index (χ2n) is 4.20. The Bertz CT molecular complexity index is 340. The molecule has 0 aliphatic carbocycles. The van der Waals surface area contributed by atoms with Crippen LogP contribution < -0.4 is 16.8 Å².